The summed E-state index contributed by atoms with van der Waals surface area (Å²) < 4.78 is 1.64. The standard InChI is InChI=1S/C11H10N6/c1-7-6-17(16-10(7)12)9-3-2-8-11(15-9)14-5-4-13-8/h2-6H,1H3,(H2,12,16). The molecular weight excluding hydrogens is 216 g/mol. The maximum atomic E-state index is 5.70. The molecule has 2 N–H and O–H groups in total. The van der Waals surface area contributed by atoms with Crippen molar-refractivity contribution in [2.45, 2.75) is 6.92 Å². The predicted octanol–water partition coefficient (Wildman–Crippen LogP) is 1.10. The topological polar surface area (TPSA) is 82.5 Å². The Labute approximate surface area is 97.1 Å². The Kier molecular flexibility index (Phi) is 2.01. The molecule has 0 saturated heterocycles. The molecule has 6 heteroatoms. The van der Waals surface area contributed by atoms with Gasteiger partial charge in [0.2, 0.25) is 0 Å². The summed E-state index contributed by atoms with van der Waals surface area (Å²) in [5.41, 5.74) is 7.98. The first-order chi connectivity index (χ1) is 8.24. The number of nitrogen functional groups attached to an aromatic ring is 1. The Hall–Kier alpha value is -2.50. The minimum absolute atomic E-state index is 0.506. The van der Waals surface area contributed by atoms with Crippen LogP contribution in [0.25, 0.3) is 17.0 Å². The van der Waals surface area contributed by atoms with Crippen molar-refractivity contribution in [1.82, 2.24) is 24.7 Å². The molecule has 17 heavy (non-hydrogen) atoms. The van der Waals surface area contributed by atoms with Crippen LogP contribution < -0.4 is 5.73 Å². The molecular formula is C11H10N6. The van der Waals surface area contributed by atoms with Gasteiger partial charge in [0.15, 0.2) is 11.5 Å². The Bertz CT molecular complexity index is 668. The van der Waals surface area contributed by atoms with E-state index in [1.54, 1.807) is 17.1 Å². The van der Waals surface area contributed by atoms with E-state index in [9.17, 15) is 0 Å². The van der Waals surface area contributed by atoms with Crippen molar-refractivity contribution in [2.24, 2.45) is 0 Å². The molecule has 6 nitrogen and oxygen atoms in total. The Morgan fingerprint density at radius 3 is 2.76 bits per heavy atom. The fourth-order valence-electron chi connectivity index (χ4n) is 1.56. The molecule has 0 saturated carbocycles. The van der Waals surface area contributed by atoms with Crippen molar-refractivity contribution in [1.29, 1.82) is 0 Å². The molecule has 3 aromatic rings. The van der Waals surface area contributed by atoms with Crippen LogP contribution in [0.3, 0.4) is 0 Å². The molecule has 0 unspecified atom stereocenters. The molecule has 0 spiro atoms. The summed E-state index contributed by atoms with van der Waals surface area (Å²) in [4.78, 5) is 12.7. The maximum absolute atomic E-state index is 5.70. The fourth-order valence-corrected chi connectivity index (χ4v) is 1.56. The molecule has 0 atom stereocenters. The summed E-state index contributed by atoms with van der Waals surface area (Å²) >= 11 is 0. The third-order valence-electron chi connectivity index (χ3n) is 2.49. The second kappa shape index (κ2) is 3.51. The smallest absolute Gasteiger partial charge is 0.180 e. The average molecular weight is 226 g/mol. The van der Waals surface area contributed by atoms with E-state index in [4.69, 9.17) is 5.73 Å². The zero-order valence-electron chi connectivity index (χ0n) is 9.20. The van der Waals surface area contributed by atoms with Gasteiger partial charge >= 0.3 is 0 Å². The molecule has 0 aliphatic carbocycles. The minimum Gasteiger partial charge on any atom is -0.382 e. The molecule has 0 bridgehead atoms. The first kappa shape index (κ1) is 9.71. The van der Waals surface area contributed by atoms with E-state index < -0.39 is 0 Å². The average Bonchev–Trinajstić information content (AvgIpc) is 2.69. The van der Waals surface area contributed by atoms with Crippen molar-refractivity contribution in [3.05, 3.63) is 36.3 Å². The first-order valence-corrected chi connectivity index (χ1v) is 5.14. The lowest BCUT2D eigenvalue weighted by Crippen LogP contribution is -2.00. The number of pyridine rings is 1. The van der Waals surface area contributed by atoms with Gasteiger partial charge in [-0.15, -0.1) is 5.10 Å². The van der Waals surface area contributed by atoms with Gasteiger partial charge in [0.1, 0.15) is 11.3 Å². The van der Waals surface area contributed by atoms with Gasteiger partial charge in [-0.05, 0) is 19.1 Å². The first-order valence-electron chi connectivity index (χ1n) is 5.14. The summed E-state index contributed by atoms with van der Waals surface area (Å²) in [7, 11) is 0. The van der Waals surface area contributed by atoms with Crippen LogP contribution in [0.15, 0.2) is 30.7 Å². The van der Waals surface area contributed by atoms with Gasteiger partial charge in [0.25, 0.3) is 0 Å². The van der Waals surface area contributed by atoms with Crippen molar-refractivity contribution in [3.8, 4) is 5.82 Å². The molecule has 84 valence electrons. The van der Waals surface area contributed by atoms with Crippen LogP contribution in [-0.2, 0) is 0 Å². The van der Waals surface area contributed by atoms with Gasteiger partial charge in [-0.3, -0.25) is 4.98 Å². The lowest BCUT2D eigenvalue weighted by Gasteiger charge is -2.00. The van der Waals surface area contributed by atoms with Crippen LogP contribution in [0, 0.1) is 6.92 Å². The van der Waals surface area contributed by atoms with Crippen LogP contribution in [0.4, 0.5) is 5.82 Å². The van der Waals surface area contributed by atoms with E-state index in [-0.39, 0.29) is 0 Å². The number of aromatic nitrogens is 5. The summed E-state index contributed by atoms with van der Waals surface area (Å²) in [6, 6.07) is 3.70. The van der Waals surface area contributed by atoms with E-state index in [1.165, 1.54) is 0 Å². The zero-order chi connectivity index (χ0) is 11.8. The second-order valence-electron chi connectivity index (χ2n) is 3.71. The Morgan fingerprint density at radius 2 is 2.00 bits per heavy atom. The third-order valence-corrected chi connectivity index (χ3v) is 2.49. The summed E-state index contributed by atoms with van der Waals surface area (Å²) in [5, 5.41) is 4.17. The van der Waals surface area contributed by atoms with Crippen molar-refractivity contribution in [2.75, 3.05) is 5.73 Å². The van der Waals surface area contributed by atoms with E-state index in [0.717, 1.165) is 11.1 Å². The van der Waals surface area contributed by atoms with Gasteiger partial charge in [0, 0.05) is 24.2 Å². The second-order valence-corrected chi connectivity index (χ2v) is 3.71. The van der Waals surface area contributed by atoms with E-state index >= 15 is 0 Å². The predicted molar refractivity (Wildman–Crippen MR) is 63.6 cm³/mol. The van der Waals surface area contributed by atoms with Crippen LogP contribution in [-0.4, -0.2) is 24.7 Å². The molecule has 0 aliphatic rings. The number of hydrogen-bond acceptors (Lipinski definition) is 5. The van der Waals surface area contributed by atoms with Crippen molar-refractivity contribution >= 4 is 17.0 Å². The molecule has 3 aromatic heterocycles. The maximum Gasteiger partial charge on any atom is 0.180 e. The van der Waals surface area contributed by atoms with E-state index in [1.807, 2.05) is 25.3 Å². The summed E-state index contributed by atoms with van der Waals surface area (Å²) in [5.74, 6) is 1.18. The van der Waals surface area contributed by atoms with Gasteiger partial charge in [-0.1, -0.05) is 0 Å². The lowest BCUT2D eigenvalue weighted by atomic mass is 10.4. The number of aryl methyl sites for hydroxylation is 1. The van der Waals surface area contributed by atoms with Crippen LogP contribution in [0.5, 0.6) is 0 Å². The SMILES string of the molecule is Cc1cn(-c2ccc3nccnc3n2)nc1N. The highest BCUT2D eigenvalue weighted by atomic mass is 15.3. The molecule has 0 radical (unpaired) electrons. The number of nitrogens with zero attached hydrogens (tertiary/aromatic N) is 5. The third kappa shape index (κ3) is 1.59. The number of rotatable bonds is 1. The monoisotopic (exact) mass is 226 g/mol. The van der Waals surface area contributed by atoms with Crippen LogP contribution in [0.2, 0.25) is 0 Å². The Morgan fingerprint density at radius 1 is 1.18 bits per heavy atom. The minimum atomic E-state index is 0.506. The number of nitrogens with two attached hydrogens (primary N) is 1. The highest BCUT2D eigenvalue weighted by Crippen LogP contribution is 2.13. The number of fused-ring (bicyclic) bond motifs is 1. The van der Waals surface area contributed by atoms with Gasteiger partial charge < -0.3 is 5.73 Å². The van der Waals surface area contributed by atoms with E-state index in [0.29, 0.717) is 17.3 Å². The van der Waals surface area contributed by atoms with Crippen LogP contribution in [0.1, 0.15) is 5.56 Å². The fraction of sp³-hybridized carbons (Fsp3) is 0.0909. The number of anilines is 1. The summed E-state index contributed by atoms with van der Waals surface area (Å²) in [6.07, 6.45) is 5.08. The van der Waals surface area contributed by atoms with Gasteiger partial charge in [0.05, 0.1) is 0 Å². The van der Waals surface area contributed by atoms with Gasteiger partial charge in [-0.25, -0.2) is 14.6 Å². The van der Waals surface area contributed by atoms with Gasteiger partial charge in [-0.2, -0.15) is 0 Å². The molecule has 3 rings (SSSR count). The summed E-state index contributed by atoms with van der Waals surface area (Å²) in [6.45, 7) is 1.90. The molecule has 0 fully saturated rings. The normalized spacial score (nSPS) is 10.9. The molecule has 0 aromatic carbocycles. The van der Waals surface area contributed by atoms with Crippen LogP contribution >= 0.6 is 0 Å². The van der Waals surface area contributed by atoms with Crippen molar-refractivity contribution in [3.63, 3.8) is 0 Å². The molecule has 0 amide bonds. The largest absolute Gasteiger partial charge is 0.382 e. The zero-order valence-corrected chi connectivity index (χ0v) is 9.20. The highest BCUT2D eigenvalue weighted by Gasteiger charge is 2.05. The Balaban J connectivity index is 2.17. The van der Waals surface area contributed by atoms with Crippen molar-refractivity contribution < 1.29 is 0 Å². The lowest BCUT2D eigenvalue weighted by molar-refractivity contribution is 0.854. The van der Waals surface area contributed by atoms with E-state index in [2.05, 4.69) is 20.1 Å². The number of hydrogen-bond donors (Lipinski definition) is 1. The molecule has 0 aliphatic heterocycles. The molecule has 3 heterocycles. The highest BCUT2D eigenvalue weighted by molar-refractivity contribution is 5.70. The quantitative estimate of drug-likeness (QED) is 0.671.